The molecule has 0 saturated carbocycles. The van der Waals surface area contributed by atoms with Crippen molar-refractivity contribution in [1.82, 2.24) is 15.0 Å². The van der Waals surface area contributed by atoms with Crippen molar-refractivity contribution in [2.75, 3.05) is 26.4 Å². The third kappa shape index (κ3) is 4.09. The number of aryl methyl sites for hydroxylation is 1. The Labute approximate surface area is 165 Å². The maximum absolute atomic E-state index is 12.8. The van der Waals surface area contributed by atoms with Crippen molar-refractivity contribution in [2.24, 2.45) is 0 Å². The smallest absolute Gasteiger partial charge is 0.197 e. The van der Waals surface area contributed by atoms with Crippen molar-refractivity contribution >= 4 is 21.8 Å². The zero-order valence-corrected chi connectivity index (χ0v) is 16.8. The van der Waals surface area contributed by atoms with E-state index in [1.165, 1.54) is 0 Å². The van der Waals surface area contributed by atoms with Gasteiger partial charge in [-0.2, -0.15) is 0 Å². The Balaban J connectivity index is 1.50. The normalized spacial score (nSPS) is 18.3. The van der Waals surface area contributed by atoms with Gasteiger partial charge in [-0.15, -0.1) is 0 Å². The van der Waals surface area contributed by atoms with E-state index in [1.807, 2.05) is 38.1 Å². The van der Waals surface area contributed by atoms with Crippen LogP contribution in [0.4, 0.5) is 0 Å². The van der Waals surface area contributed by atoms with E-state index in [0.717, 1.165) is 33.6 Å². The topological polar surface area (TPSA) is 86.3 Å². The Morgan fingerprint density at radius 3 is 2.93 bits per heavy atom. The Hall–Kier alpha value is -2.29. The average molecular weight is 401 g/mol. The number of nitrogens with zero attached hydrogens (tertiary/aromatic N) is 2. The molecular formula is C20H23N3O4S. The molecule has 0 amide bonds. The Morgan fingerprint density at radius 1 is 1.29 bits per heavy atom. The van der Waals surface area contributed by atoms with E-state index in [4.69, 9.17) is 14.2 Å². The van der Waals surface area contributed by atoms with Gasteiger partial charge in [0, 0.05) is 17.3 Å². The Bertz CT molecular complexity index is 965. The summed E-state index contributed by atoms with van der Waals surface area (Å²) in [6.07, 6.45) is 1.68. The van der Waals surface area contributed by atoms with Crippen LogP contribution >= 0.6 is 0 Å². The molecule has 0 aliphatic carbocycles. The van der Waals surface area contributed by atoms with Crippen LogP contribution in [0.25, 0.3) is 11.0 Å². The number of H-pyrrole nitrogens is 1. The summed E-state index contributed by atoms with van der Waals surface area (Å²) in [5.41, 5.74) is 4.24. The van der Waals surface area contributed by atoms with Gasteiger partial charge in [0.15, 0.2) is 5.16 Å². The number of imidazole rings is 1. The maximum Gasteiger partial charge on any atom is 0.197 e. The third-order valence-electron chi connectivity index (χ3n) is 4.70. The average Bonchev–Trinajstić information content (AvgIpc) is 3.15. The minimum Gasteiger partial charge on any atom is -0.490 e. The van der Waals surface area contributed by atoms with Gasteiger partial charge < -0.3 is 19.2 Å². The van der Waals surface area contributed by atoms with Crippen molar-refractivity contribution in [3.05, 3.63) is 47.3 Å². The molecule has 7 nitrogen and oxygen atoms in total. The predicted molar refractivity (Wildman–Crippen MR) is 106 cm³/mol. The van der Waals surface area contributed by atoms with Crippen LogP contribution in [0.2, 0.25) is 0 Å². The third-order valence-corrected chi connectivity index (χ3v) is 5.86. The van der Waals surface area contributed by atoms with E-state index >= 15 is 0 Å². The molecule has 0 radical (unpaired) electrons. The fourth-order valence-corrected chi connectivity index (χ4v) is 4.26. The summed E-state index contributed by atoms with van der Waals surface area (Å²) in [5, 5.41) is 0.457. The second-order valence-electron chi connectivity index (χ2n) is 6.77. The molecule has 28 heavy (non-hydrogen) atoms. The van der Waals surface area contributed by atoms with E-state index in [9.17, 15) is 4.21 Å². The summed E-state index contributed by atoms with van der Waals surface area (Å²) < 4.78 is 29.9. The van der Waals surface area contributed by atoms with Gasteiger partial charge in [-0.25, -0.2) is 4.98 Å². The van der Waals surface area contributed by atoms with Gasteiger partial charge in [0.2, 0.25) is 0 Å². The minimum absolute atomic E-state index is 0.0751. The zero-order valence-electron chi connectivity index (χ0n) is 15.9. The van der Waals surface area contributed by atoms with E-state index in [-0.39, 0.29) is 11.9 Å². The van der Waals surface area contributed by atoms with Crippen LogP contribution in [0.1, 0.15) is 16.8 Å². The molecule has 4 rings (SSSR count). The SMILES string of the molecule is Cc1cnc(CS(=O)c2nc3ccccc3[nH]2)c(C)c1OCC1COCCO1. The van der Waals surface area contributed by atoms with Gasteiger partial charge in [-0.3, -0.25) is 9.19 Å². The molecule has 148 valence electrons. The zero-order chi connectivity index (χ0) is 19.5. The summed E-state index contributed by atoms with van der Waals surface area (Å²) in [6, 6.07) is 7.64. The maximum atomic E-state index is 12.8. The predicted octanol–water partition coefficient (Wildman–Crippen LogP) is 2.68. The van der Waals surface area contributed by atoms with Crippen molar-refractivity contribution in [3.8, 4) is 5.75 Å². The number of fused-ring (bicyclic) bond motifs is 1. The second kappa shape index (κ2) is 8.38. The first-order valence-electron chi connectivity index (χ1n) is 9.22. The van der Waals surface area contributed by atoms with Crippen molar-refractivity contribution in [3.63, 3.8) is 0 Å². The van der Waals surface area contributed by atoms with Crippen LogP contribution in [0.15, 0.2) is 35.6 Å². The first-order valence-corrected chi connectivity index (χ1v) is 10.5. The van der Waals surface area contributed by atoms with Crippen LogP contribution in [0, 0.1) is 13.8 Å². The van der Waals surface area contributed by atoms with E-state index < -0.39 is 10.8 Å². The molecule has 1 N–H and O–H groups in total. The van der Waals surface area contributed by atoms with Crippen molar-refractivity contribution in [2.45, 2.75) is 30.9 Å². The highest BCUT2D eigenvalue weighted by Gasteiger charge is 2.19. The molecule has 8 heteroatoms. The lowest BCUT2D eigenvalue weighted by Gasteiger charge is -2.24. The van der Waals surface area contributed by atoms with Crippen LogP contribution in [-0.2, 0) is 26.0 Å². The number of benzene rings is 1. The number of ether oxygens (including phenoxy) is 3. The van der Waals surface area contributed by atoms with Crippen LogP contribution < -0.4 is 4.74 Å². The van der Waals surface area contributed by atoms with Gasteiger partial charge in [0.1, 0.15) is 18.5 Å². The Morgan fingerprint density at radius 2 is 2.14 bits per heavy atom. The summed E-state index contributed by atoms with van der Waals surface area (Å²) in [7, 11) is -1.33. The molecular weight excluding hydrogens is 378 g/mol. The minimum atomic E-state index is -1.33. The highest BCUT2D eigenvalue weighted by atomic mass is 32.2. The van der Waals surface area contributed by atoms with Crippen LogP contribution in [-0.4, -0.2) is 51.7 Å². The highest BCUT2D eigenvalue weighted by Crippen LogP contribution is 2.26. The Kier molecular flexibility index (Phi) is 5.70. The number of rotatable bonds is 6. The monoisotopic (exact) mass is 401 g/mol. The summed E-state index contributed by atoms with van der Waals surface area (Å²) in [5.74, 6) is 1.03. The largest absolute Gasteiger partial charge is 0.490 e. The molecule has 1 aliphatic rings. The quantitative estimate of drug-likeness (QED) is 0.683. The molecule has 3 aromatic rings. The lowest BCUT2D eigenvalue weighted by molar-refractivity contribution is -0.101. The fraction of sp³-hybridized carbons (Fsp3) is 0.400. The standard InChI is InChI=1S/C20H23N3O4S/c1-13-9-21-18(14(2)19(13)27-11-15-10-25-7-8-26-15)12-28(24)20-22-16-5-3-4-6-17(16)23-20/h3-6,9,15H,7-8,10-12H2,1-2H3,(H,22,23). The molecule has 3 heterocycles. The van der Waals surface area contributed by atoms with Crippen LogP contribution in [0.3, 0.4) is 0 Å². The van der Waals surface area contributed by atoms with Gasteiger partial charge >= 0.3 is 0 Å². The lowest BCUT2D eigenvalue weighted by Crippen LogP contribution is -2.33. The van der Waals surface area contributed by atoms with E-state index in [2.05, 4.69) is 15.0 Å². The van der Waals surface area contributed by atoms with Gasteiger partial charge in [0.05, 0.1) is 53.1 Å². The first kappa shape index (κ1) is 19.0. The van der Waals surface area contributed by atoms with E-state index in [1.54, 1.807) is 6.20 Å². The summed E-state index contributed by atoms with van der Waals surface area (Å²) >= 11 is 0. The van der Waals surface area contributed by atoms with Crippen LogP contribution in [0.5, 0.6) is 5.75 Å². The summed E-state index contributed by atoms with van der Waals surface area (Å²) in [6.45, 7) is 6.06. The number of aromatic amines is 1. The lowest BCUT2D eigenvalue weighted by atomic mass is 10.1. The first-order chi connectivity index (χ1) is 13.6. The summed E-state index contributed by atoms with van der Waals surface area (Å²) in [4.78, 5) is 12.0. The molecule has 1 fully saturated rings. The van der Waals surface area contributed by atoms with Gasteiger partial charge in [-0.05, 0) is 26.0 Å². The number of nitrogens with one attached hydrogen (secondary N) is 1. The molecule has 0 bridgehead atoms. The number of aromatic nitrogens is 3. The molecule has 0 spiro atoms. The van der Waals surface area contributed by atoms with Crippen molar-refractivity contribution in [1.29, 1.82) is 0 Å². The number of hydrogen-bond acceptors (Lipinski definition) is 6. The fourth-order valence-electron chi connectivity index (χ4n) is 3.16. The number of para-hydroxylation sites is 2. The van der Waals surface area contributed by atoms with E-state index in [0.29, 0.717) is 31.6 Å². The number of hydrogen-bond donors (Lipinski definition) is 1. The molecule has 1 aromatic carbocycles. The van der Waals surface area contributed by atoms with Crippen molar-refractivity contribution < 1.29 is 18.4 Å². The number of pyridine rings is 1. The molecule has 2 unspecified atom stereocenters. The van der Waals surface area contributed by atoms with Gasteiger partial charge in [-0.1, -0.05) is 12.1 Å². The molecule has 1 aliphatic heterocycles. The second-order valence-corrected chi connectivity index (χ2v) is 8.14. The molecule has 2 atom stereocenters. The van der Waals surface area contributed by atoms with Gasteiger partial charge in [0.25, 0.3) is 0 Å². The molecule has 1 saturated heterocycles. The molecule has 2 aromatic heterocycles. The highest BCUT2D eigenvalue weighted by molar-refractivity contribution is 7.84.